The molecule has 5 nitrogen and oxygen atoms in total. The molecular weight excluding hydrogens is 372 g/mol. The smallest absolute Gasteiger partial charge is 0.261 e. The first-order valence-corrected chi connectivity index (χ1v) is 11.5. The van der Waals surface area contributed by atoms with E-state index in [1.54, 1.807) is 36.4 Å². The Labute approximate surface area is 167 Å². The highest BCUT2D eigenvalue weighted by Gasteiger charge is 2.17. The van der Waals surface area contributed by atoms with Gasteiger partial charge < -0.3 is 5.32 Å². The van der Waals surface area contributed by atoms with Gasteiger partial charge in [0.15, 0.2) is 0 Å². The van der Waals surface area contributed by atoms with Gasteiger partial charge in [0.1, 0.15) is 0 Å². The van der Waals surface area contributed by atoms with Crippen LogP contribution in [0, 0.1) is 5.92 Å². The van der Waals surface area contributed by atoms with E-state index in [1.807, 2.05) is 6.07 Å². The van der Waals surface area contributed by atoms with Crippen LogP contribution in [0.1, 0.15) is 55.3 Å². The molecule has 0 aromatic heterocycles. The van der Waals surface area contributed by atoms with Gasteiger partial charge in [-0.2, -0.15) is 0 Å². The molecular formula is C22H28N2O3S. The second kappa shape index (κ2) is 9.73. The third kappa shape index (κ3) is 5.83. The van der Waals surface area contributed by atoms with Gasteiger partial charge in [0.05, 0.1) is 4.90 Å². The Morgan fingerprint density at radius 3 is 2.36 bits per heavy atom. The highest BCUT2D eigenvalue weighted by molar-refractivity contribution is 7.92. The number of hydrogen-bond donors (Lipinski definition) is 2. The lowest BCUT2D eigenvalue weighted by atomic mass is 9.97. The Morgan fingerprint density at radius 1 is 0.929 bits per heavy atom. The van der Waals surface area contributed by atoms with Gasteiger partial charge in [-0.25, -0.2) is 8.42 Å². The first-order chi connectivity index (χ1) is 13.5. The molecule has 0 heterocycles. The normalized spacial score (nSPS) is 15.6. The molecule has 1 fully saturated rings. The van der Waals surface area contributed by atoms with Crippen molar-refractivity contribution in [3.8, 4) is 0 Å². The summed E-state index contributed by atoms with van der Waals surface area (Å²) < 4.78 is 27.7. The molecule has 2 N–H and O–H groups in total. The second-order valence-electron chi connectivity index (χ2n) is 7.40. The number of carbonyl (C=O) groups is 1. The largest absolute Gasteiger partial charge is 0.352 e. The molecule has 0 bridgehead atoms. The van der Waals surface area contributed by atoms with E-state index in [0.29, 0.717) is 23.7 Å². The molecule has 28 heavy (non-hydrogen) atoms. The lowest BCUT2D eigenvalue weighted by Gasteiger charge is -2.14. The molecule has 0 unspecified atom stereocenters. The van der Waals surface area contributed by atoms with Gasteiger partial charge in [0, 0.05) is 17.8 Å². The van der Waals surface area contributed by atoms with Crippen molar-refractivity contribution in [1.29, 1.82) is 0 Å². The third-order valence-corrected chi connectivity index (χ3v) is 6.62. The van der Waals surface area contributed by atoms with Gasteiger partial charge >= 0.3 is 0 Å². The fourth-order valence-electron chi connectivity index (χ4n) is 3.67. The van der Waals surface area contributed by atoms with E-state index in [-0.39, 0.29) is 10.8 Å². The molecule has 0 spiro atoms. The summed E-state index contributed by atoms with van der Waals surface area (Å²) in [6.45, 7) is 0.628. The van der Waals surface area contributed by atoms with Gasteiger partial charge in [-0.05, 0) is 42.7 Å². The predicted octanol–water partition coefficient (Wildman–Crippen LogP) is 4.58. The van der Waals surface area contributed by atoms with Crippen molar-refractivity contribution < 1.29 is 13.2 Å². The topological polar surface area (TPSA) is 75.3 Å². The highest BCUT2D eigenvalue weighted by atomic mass is 32.2. The van der Waals surface area contributed by atoms with Crippen molar-refractivity contribution in [2.75, 3.05) is 11.3 Å². The molecule has 1 saturated carbocycles. The van der Waals surface area contributed by atoms with Crippen molar-refractivity contribution in [3.63, 3.8) is 0 Å². The summed E-state index contributed by atoms with van der Waals surface area (Å²) in [5.41, 5.74) is 0.845. The summed E-state index contributed by atoms with van der Waals surface area (Å²) in [7, 11) is -3.74. The number of amides is 1. The number of carbonyl (C=O) groups excluding carboxylic acids is 1. The molecule has 2 aromatic rings. The zero-order valence-electron chi connectivity index (χ0n) is 16.1. The molecule has 2 aromatic carbocycles. The van der Waals surface area contributed by atoms with Crippen LogP contribution in [0.2, 0.25) is 0 Å². The Bertz CT molecular complexity index is 874. The monoisotopic (exact) mass is 400 g/mol. The summed E-state index contributed by atoms with van der Waals surface area (Å²) in [6, 6.07) is 14.9. The maximum atomic E-state index is 12.6. The Kier molecular flexibility index (Phi) is 7.09. The number of para-hydroxylation sites is 1. The lowest BCUT2D eigenvalue weighted by Crippen LogP contribution is -2.26. The van der Waals surface area contributed by atoms with Crippen LogP contribution in [0.3, 0.4) is 0 Å². The molecule has 3 rings (SSSR count). The first-order valence-electron chi connectivity index (χ1n) is 10.0. The van der Waals surface area contributed by atoms with Crippen molar-refractivity contribution in [3.05, 3.63) is 60.2 Å². The van der Waals surface area contributed by atoms with E-state index in [0.717, 1.165) is 6.42 Å². The Hall–Kier alpha value is -2.34. The summed E-state index contributed by atoms with van der Waals surface area (Å²) in [5, 5.41) is 2.94. The molecule has 1 aliphatic carbocycles. The molecule has 0 aliphatic heterocycles. The Morgan fingerprint density at radius 2 is 1.64 bits per heavy atom. The predicted molar refractivity (Wildman–Crippen MR) is 112 cm³/mol. The number of nitrogens with one attached hydrogen (secondary N) is 2. The van der Waals surface area contributed by atoms with Crippen molar-refractivity contribution >= 4 is 21.6 Å². The van der Waals surface area contributed by atoms with E-state index in [2.05, 4.69) is 10.0 Å². The molecule has 6 heteroatoms. The van der Waals surface area contributed by atoms with E-state index in [1.165, 1.54) is 50.7 Å². The first kappa shape index (κ1) is 20.4. The maximum absolute atomic E-state index is 12.6. The van der Waals surface area contributed by atoms with Crippen LogP contribution in [-0.4, -0.2) is 20.9 Å². The molecule has 1 aliphatic rings. The van der Waals surface area contributed by atoms with Crippen LogP contribution in [0.25, 0.3) is 0 Å². The van der Waals surface area contributed by atoms with Gasteiger partial charge in [0.25, 0.3) is 15.9 Å². The van der Waals surface area contributed by atoms with Crippen molar-refractivity contribution in [1.82, 2.24) is 5.32 Å². The van der Waals surface area contributed by atoms with Gasteiger partial charge in [0.2, 0.25) is 0 Å². The van der Waals surface area contributed by atoms with Gasteiger partial charge in [-0.1, -0.05) is 62.8 Å². The maximum Gasteiger partial charge on any atom is 0.261 e. The fraction of sp³-hybridized carbons (Fsp3) is 0.409. The summed E-state index contributed by atoms with van der Waals surface area (Å²) >= 11 is 0. The number of rotatable bonds is 7. The van der Waals surface area contributed by atoms with Crippen LogP contribution >= 0.6 is 0 Å². The van der Waals surface area contributed by atoms with E-state index in [4.69, 9.17) is 0 Å². The zero-order chi connectivity index (χ0) is 19.8. The van der Waals surface area contributed by atoms with E-state index in [9.17, 15) is 13.2 Å². The van der Waals surface area contributed by atoms with Crippen LogP contribution in [0.15, 0.2) is 59.5 Å². The van der Waals surface area contributed by atoms with Crippen LogP contribution in [-0.2, 0) is 10.0 Å². The number of hydrogen-bond acceptors (Lipinski definition) is 3. The number of anilines is 1. The third-order valence-electron chi connectivity index (χ3n) is 5.25. The van der Waals surface area contributed by atoms with Gasteiger partial charge in [-0.15, -0.1) is 0 Å². The Balaban J connectivity index is 1.59. The summed E-state index contributed by atoms with van der Waals surface area (Å²) in [5.74, 6) is 0.454. The molecule has 0 atom stereocenters. The molecule has 0 radical (unpaired) electrons. The van der Waals surface area contributed by atoms with Crippen LogP contribution < -0.4 is 10.0 Å². The van der Waals surface area contributed by atoms with Gasteiger partial charge in [-0.3, -0.25) is 9.52 Å². The SMILES string of the molecule is O=C(NCCC1CCCCCC1)c1cccc(S(=O)(=O)Nc2ccccc2)c1. The summed E-state index contributed by atoms with van der Waals surface area (Å²) in [4.78, 5) is 12.5. The molecule has 0 saturated heterocycles. The lowest BCUT2D eigenvalue weighted by molar-refractivity contribution is 0.0950. The second-order valence-corrected chi connectivity index (χ2v) is 9.08. The van der Waals surface area contributed by atoms with E-state index < -0.39 is 10.0 Å². The minimum atomic E-state index is -3.74. The fourth-order valence-corrected chi connectivity index (χ4v) is 4.77. The molecule has 150 valence electrons. The minimum absolute atomic E-state index is 0.0766. The number of benzene rings is 2. The average molecular weight is 401 g/mol. The van der Waals surface area contributed by atoms with Crippen molar-refractivity contribution in [2.45, 2.75) is 49.8 Å². The van der Waals surface area contributed by atoms with E-state index >= 15 is 0 Å². The quantitative estimate of drug-likeness (QED) is 0.668. The van der Waals surface area contributed by atoms with Crippen LogP contribution in [0.5, 0.6) is 0 Å². The minimum Gasteiger partial charge on any atom is -0.352 e. The number of sulfonamides is 1. The zero-order valence-corrected chi connectivity index (χ0v) is 16.9. The average Bonchev–Trinajstić information content (AvgIpc) is 2.97. The van der Waals surface area contributed by atoms with Crippen molar-refractivity contribution in [2.24, 2.45) is 5.92 Å². The standard InChI is InChI=1S/C22H28N2O3S/c25-22(23-16-15-18-9-4-1-2-5-10-18)19-11-8-14-21(17-19)28(26,27)24-20-12-6-3-7-13-20/h3,6-8,11-14,17-18,24H,1-2,4-5,9-10,15-16H2,(H,23,25). The van der Waals surface area contributed by atoms with Crippen LogP contribution in [0.4, 0.5) is 5.69 Å². The highest BCUT2D eigenvalue weighted by Crippen LogP contribution is 2.25. The molecule has 1 amide bonds. The summed E-state index contributed by atoms with van der Waals surface area (Å²) in [6.07, 6.45) is 8.69.